The highest BCUT2D eigenvalue weighted by Crippen LogP contribution is 2.47. The van der Waals surface area contributed by atoms with Gasteiger partial charge in [0.25, 0.3) is 0 Å². The monoisotopic (exact) mass is 487 g/mol. The number of pyridine rings is 1. The highest BCUT2D eigenvalue weighted by Gasteiger charge is 2.45. The summed E-state index contributed by atoms with van der Waals surface area (Å²) in [6.07, 6.45) is -3.31. The van der Waals surface area contributed by atoms with Crippen molar-refractivity contribution in [3.05, 3.63) is 100 Å². The first kappa shape index (κ1) is 23.7. The van der Waals surface area contributed by atoms with Crippen molar-refractivity contribution in [2.24, 2.45) is 0 Å². The molecular formula is C26H18ClF4NO2. The van der Waals surface area contributed by atoms with E-state index in [4.69, 9.17) is 16.7 Å². The molecule has 0 aliphatic heterocycles. The van der Waals surface area contributed by atoms with Crippen molar-refractivity contribution >= 4 is 28.5 Å². The molecule has 0 amide bonds. The molecule has 2 unspecified atom stereocenters. The number of rotatable bonds is 5. The molecular weight excluding hydrogens is 470 g/mol. The van der Waals surface area contributed by atoms with E-state index in [1.54, 1.807) is 30.3 Å². The topological polar surface area (TPSA) is 50.2 Å². The van der Waals surface area contributed by atoms with Crippen LogP contribution < -0.4 is 0 Å². The molecule has 0 aliphatic carbocycles. The maximum Gasteiger partial charge on any atom is 0.396 e. The van der Waals surface area contributed by atoms with Crippen molar-refractivity contribution in [2.75, 3.05) is 0 Å². The minimum atomic E-state index is -4.55. The van der Waals surface area contributed by atoms with Gasteiger partial charge in [-0.25, -0.2) is 9.18 Å². The van der Waals surface area contributed by atoms with E-state index in [1.165, 1.54) is 37.4 Å². The summed E-state index contributed by atoms with van der Waals surface area (Å²) in [4.78, 5) is 15.2. The van der Waals surface area contributed by atoms with Gasteiger partial charge in [0.15, 0.2) is 0 Å². The largest absolute Gasteiger partial charge is 0.478 e. The summed E-state index contributed by atoms with van der Waals surface area (Å²) in [6, 6.07) is 16.5. The summed E-state index contributed by atoms with van der Waals surface area (Å²) in [5.74, 6) is -5.19. The zero-order chi connectivity index (χ0) is 24.6. The van der Waals surface area contributed by atoms with Crippen LogP contribution in [0.4, 0.5) is 17.6 Å². The predicted molar refractivity (Wildman–Crippen MR) is 123 cm³/mol. The molecule has 2 atom stereocenters. The molecule has 0 fully saturated rings. The third kappa shape index (κ3) is 4.61. The lowest BCUT2D eigenvalue weighted by Crippen LogP contribution is -2.26. The first-order valence-corrected chi connectivity index (χ1v) is 10.7. The van der Waals surface area contributed by atoms with E-state index in [2.05, 4.69) is 4.98 Å². The Hall–Kier alpha value is -3.45. The normalized spacial score (nSPS) is 13.6. The van der Waals surface area contributed by atoms with Crippen molar-refractivity contribution in [2.45, 2.75) is 24.9 Å². The summed E-state index contributed by atoms with van der Waals surface area (Å²) in [6.45, 7) is 1.45. The lowest BCUT2D eigenvalue weighted by Gasteiger charge is -2.28. The highest BCUT2D eigenvalue weighted by atomic mass is 35.5. The second-order valence-corrected chi connectivity index (χ2v) is 8.41. The van der Waals surface area contributed by atoms with Crippen molar-refractivity contribution < 1.29 is 27.5 Å². The Morgan fingerprint density at radius 2 is 1.68 bits per heavy atom. The standard InChI is InChI=1S/C26H18ClF4NO2/c1-14(24(26(29,30)31)18-10-17-4-2-3-5-23(17)32-13-18)19-8-6-15(11-21(19)27)16-7-9-20(25(33)34)22(28)12-16/h2-14,24H,1H3,(H,33,34). The lowest BCUT2D eigenvalue weighted by molar-refractivity contribution is -0.154. The minimum absolute atomic E-state index is 0.0326. The van der Waals surface area contributed by atoms with Gasteiger partial charge in [-0.15, -0.1) is 0 Å². The van der Waals surface area contributed by atoms with E-state index in [1.807, 2.05) is 0 Å². The van der Waals surface area contributed by atoms with Crippen LogP contribution in [0.25, 0.3) is 22.0 Å². The Morgan fingerprint density at radius 1 is 1.00 bits per heavy atom. The number of carboxylic acids is 1. The van der Waals surface area contributed by atoms with E-state index in [9.17, 15) is 22.4 Å². The van der Waals surface area contributed by atoms with E-state index >= 15 is 0 Å². The predicted octanol–water partition coefficient (Wildman–Crippen LogP) is 7.84. The number of alkyl halides is 3. The number of para-hydroxylation sites is 1. The quantitative estimate of drug-likeness (QED) is 0.292. The smallest absolute Gasteiger partial charge is 0.396 e. The summed E-state index contributed by atoms with van der Waals surface area (Å²) in [7, 11) is 0. The number of carbonyl (C=O) groups is 1. The highest BCUT2D eigenvalue weighted by molar-refractivity contribution is 6.31. The molecule has 3 aromatic carbocycles. The maximum atomic E-state index is 14.2. The van der Waals surface area contributed by atoms with Crippen LogP contribution in [0, 0.1) is 5.82 Å². The number of hydrogen-bond acceptors (Lipinski definition) is 2. The molecule has 34 heavy (non-hydrogen) atoms. The van der Waals surface area contributed by atoms with Crippen LogP contribution in [0.1, 0.15) is 40.2 Å². The molecule has 174 valence electrons. The molecule has 0 bridgehead atoms. The number of nitrogens with zero attached hydrogens (tertiary/aromatic N) is 1. The van der Waals surface area contributed by atoms with Crippen molar-refractivity contribution in [1.29, 1.82) is 0 Å². The molecule has 0 radical (unpaired) electrons. The molecule has 0 spiro atoms. The van der Waals surface area contributed by atoms with Crippen molar-refractivity contribution in [3.8, 4) is 11.1 Å². The Kier molecular flexibility index (Phi) is 6.32. The minimum Gasteiger partial charge on any atom is -0.478 e. The Morgan fingerprint density at radius 3 is 2.32 bits per heavy atom. The Labute approximate surface area is 197 Å². The van der Waals surface area contributed by atoms with Crippen LogP contribution in [-0.2, 0) is 0 Å². The first-order chi connectivity index (χ1) is 16.1. The molecule has 1 aromatic heterocycles. The second-order valence-electron chi connectivity index (χ2n) is 8.01. The van der Waals surface area contributed by atoms with E-state index in [0.29, 0.717) is 22.0 Å². The zero-order valence-electron chi connectivity index (χ0n) is 17.8. The zero-order valence-corrected chi connectivity index (χ0v) is 18.5. The number of benzene rings is 3. The fourth-order valence-corrected chi connectivity index (χ4v) is 4.50. The average molecular weight is 488 g/mol. The lowest BCUT2D eigenvalue weighted by atomic mass is 9.82. The number of aromatic nitrogens is 1. The van der Waals surface area contributed by atoms with Gasteiger partial charge in [0.2, 0.25) is 0 Å². The number of aromatic carboxylic acids is 1. The van der Waals surface area contributed by atoms with Crippen LogP contribution in [0.2, 0.25) is 5.02 Å². The maximum absolute atomic E-state index is 14.2. The summed E-state index contributed by atoms with van der Waals surface area (Å²) in [5.41, 5.74) is 1.25. The number of fused-ring (bicyclic) bond motifs is 1. The fraction of sp³-hybridized carbons (Fsp3) is 0.154. The number of carboxylic acid groups (broad SMARTS) is 1. The van der Waals surface area contributed by atoms with E-state index in [-0.39, 0.29) is 16.1 Å². The molecule has 4 aromatic rings. The van der Waals surface area contributed by atoms with E-state index in [0.717, 1.165) is 12.1 Å². The van der Waals surface area contributed by atoms with Crippen LogP contribution >= 0.6 is 11.6 Å². The van der Waals surface area contributed by atoms with Gasteiger partial charge in [0.1, 0.15) is 5.82 Å². The molecule has 0 saturated heterocycles. The molecule has 1 N–H and O–H groups in total. The van der Waals surface area contributed by atoms with Crippen LogP contribution in [0.5, 0.6) is 0 Å². The summed E-state index contributed by atoms with van der Waals surface area (Å²) < 4.78 is 56.7. The van der Waals surface area contributed by atoms with Gasteiger partial charge in [-0.3, -0.25) is 4.98 Å². The van der Waals surface area contributed by atoms with Gasteiger partial charge >= 0.3 is 12.1 Å². The third-order valence-electron chi connectivity index (χ3n) is 5.85. The summed E-state index contributed by atoms with van der Waals surface area (Å²) >= 11 is 6.40. The Balaban J connectivity index is 1.72. The molecule has 4 rings (SSSR count). The summed E-state index contributed by atoms with van der Waals surface area (Å²) in [5, 5.41) is 9.68. The molecule has 0 saturated carbocycles. The van der Waals surface area contributed by atoms with Gasteiger partial charge in [0, 0.05) is 16.6 Å². The van der Waals surface area contributed by atoms with E-state index < -0.39 is 35.4 Å². The van der Waals surface area contributed by atoms with Gasteiger partial charge in [-0.2, -0.15) is 13.2 Å². The van der Waals surface area contributed by atoms with Gasteiger partial charge in [-0.05, 0) is 58.5 Å². The Bertz CT molecular complexity index is 1390. The van der Waals surface area contributed by atoms with Gasteiger partial charge in [-0.1, -0.05) is 54.9 Å². The molecule has 1 heterocycles. The average Bonchev–Trinajstić information content (AvgIpc) is 2.77. The van der Waals surface area contributed by atoms with Crippen LogP contribution in [-0.4, -0.2) is 22.2 Å². The van der Waals surface area contributed by atoms with Crippen LogP contribution in [0.3, 0.4) is 0 Å². The molecule has 0 aliphatic rings. The first-order valence-electron chi connectivity index (χ1n) is 10.3. The van der Waals surface area contributed by atoms with Crippen LogP contribution in [0.15, 0.2) is 72.9 Å². The third-order valence-corrected chi connectivity index (χ3v) is 6.17. The fourth-order valence-electron chi connectivity index (χ4n) is 4.14. The second kappa shape index (κ2) is 9.06. The van der Waals surface area contributed by atoms with Gasteiger partial charge in [0.05, 0.1) is 17.0 Å². The SMILES string of the molecule is CC(c1ccc(-c2ccc(C(=O)O)c(F)c2)cc1Cl)C(c1cnc2ccccc2c1)C(F)(F)F. The number of hydrogen-bond donors (Lipinski definition) is 1. The van der Waals surface area contributed by atoms with Crippen molar-refractivity contribution in [3.63, 3.8) is 0 Å². The van der Waals surface area contributed by atoms with Crippen molar-refractivity contribution in [1.82, 2.24) is 4.98 Å². The van der Waals surface area contributed by atoms with Gasteiger partial charge < -0.3 is 5.11 Å². The molecule has 8 heteroatoms. The molecule has 3 nitrogen and oxygen atoms in total. The number of halogens is 5.